The lowest BCUT2D eigenvalue weighted by Gasteiger charge is -2.36. The predicted octanol–water partition coefficient (Wildman–Crippen LogP) is 1.78. The molecule has 0 amide bonds. The van der Waals surface area contributed by atoms with E-state index in [9.17, 15) is 0 Å². The molecular formula is C6H10Cl4N2. The molecule has 12 heavy (non-hydrogen) atoms. The van der Waals surface area contributed by atoms with Crippen LogP contribution in [0.1, 0.15) is 12.8 Å². The third kappa shape index (κ3) is 1.33. The van der Waals surface area contributed by atoms with Gasteiger partial charge in [-0.1, -0.05) is 46.4 Å². The van der Waals surface area contributed by atoms with Crippen molar-refractivity contribution in [2.45, 2.75) is 27.0 Å². The Morgan fingerprint density at radius 1 is 1.08 bits per heavy atom. The van der Waals surface area contributed by atoms with Crippen molar-refractivity contribution >= 4 is 46.4 Å². The zero-order valence-corrected chi connectivity index (χ0v) is 9.31. The normalized spacial score (nSPS) is 38.5. The number of hydrogen-bond donors (Lipinski definition) is 2. The molecule has 1 aliphatic carbocycles. The van der Waals surface area contributed by atoms with E-state index in [1.165, 1.54) is 0 Å². The minimum absolute atomic E-state index is 0.168. The Balaban J connectivity index is 3.00. The van der Waals surface area contributed by atoms with Crippen LogP contribution in [-0.4, -0.2) is 20.8 Å². The first-order valence-corrected chi connectivity index (χ1v) is 5.03. The molecule has 0 aliphatic heterocycles. The van der Waals surface area contributed by atoms with E-state index in [-0.39, 0.29) is 6.54 Å². The summed E-state index contributed by atoms with van der Waals surface area (Å²) in [7, 11) is 0. The number of halogens is 4. The Hall–Kier alpha value is 1.08. The van der Waals surface area contributed by atoms with Crippen LogP contribution < -0.4 is 11.5 Å². The van der Waals surface area contributed by atoms with Crippen molar-refractivity contribution in [2.75, 3.05) is 6.54 Å². The summed E-state index contributed by atoms with van der Waals surface area (Å²) in [5, 5.41) is 0. The molecule has 0 bridgehead atoms. The van der Waals surface area contributed by atoms with Gasteiger partial charge in [0.15, 0.2) is 8.67 Å². The molecule has 2 nitrogen and oxygen atoms in total. The molecule has 1 saturated carbocycles. The van der Waals surface area contributed by atoms with Crippen LogP contribution in [0, 0.1) is 0 Å². The van der Waals surface area contributed by atoms with Crippen LogP contribution in [0.5, 0.6) is 0 Å². The van der Waals surface area contributed by atoms with E-state index in [2.05, 4.69) is 0 Å². The van der Waals surface area contributed by atoms with E-state index < -0.39 is 14.2 Å². The van der Waals surface area contributed by atoms with Crippen molar-refractivity contribution in [3.63, 3.8) is 0 Å². The number of hydrogen-bond acceptors (Lipinski definition) is 2. The molecule has 1 fully saturated rings. The van der Waals surface area contributed by atoms with Crippen molar-refractivity contribution in [2.24, 2.45) is 11.5 Å². The van der Waals surface area contributed by atoms with Crippen molar-refractivity contribution in [3.8, 4) is 0 Å². The Morgan fingerprint density at radius 3 is 1.75 bits per heavy atom. The maximum Gasteiger partial charge on any atom is 0.169 e. The third-order valence-electron chi connectivity index (χ3n) is 2.33. The number of rotatable bonds is 1. The smallest absolute Gasteiger partial charge is 0.169 e. The molecule has 0 heterocycles. The molecular weight excluding hydrogens is 242 g/mol. The summed E-state index contributed by atoms with van der Waals surface area (Å²) < 4.78 is -2.58. The van der Waals surface area contributed by atoms with E-state index in [4.69, 9.17) is 57.9 Å². The summed E-state index contributed by atoms with van der Waals surface area (Å²) in [6.07, 6.45) is 0.986. The summed E-state index contributed by atoms with van der Waals surface area (Å²) in [4.78, 5) is 0. The highest BCUT2D eigenvalue weighted by atomic mass is 35.5. The fraction of sp³-hybridized carbons (Fsp3) is 1.00. The minimum Gasteiger partial charge on any atom is -0.329 e. The van der Waals surface area contributed by atoms with Crippen molar-refractivity contribution in [1.82, 2.24) is 0 Å². The average molecular weight is 252 g/mol. The summed E-state index contributed by atoms with van der Waals surface area (Å²) in [6, 6.07) is 0. The van der Waals surface area contributed by atoms with Crippen molar-refractivity contribution in [1.29, 1.82) is 0 Å². The van der Waals surface area contributed by atoms with Gasteiger partial charge in [0.05, 0.1) is 5.54 Å². The first kappa shape index (κ1) is 11.2. The fourth-order valence-corrected chi connectivity index (χ4v) is 2.39. The fourth-order valence-electron chi connectivity index (χ4n) is 1.29. The van der Waals surface area contributed by atoms with Gasteiger partial charge in [-0.25, -0.2) is 0 Å². The van der Waals surface area contributed by atoms with Gasteiger partial charge < -0.3 is 11.5 Å². The van der Waals surface area contributed by atoms with Crippen LogP contribution >= 0.6 is 46.4 Å². The van der Waals surface area contributed by atoms with Crippen molar-refractivity contribution in [3.05, 3.63) is 0 Å². The molecule has 1 aliphatic rings. The second-order valence-corrected chi connectivity index (χ2v) is 5.95. The Kier molecular flexibility index (Phi) is 2.83. The molecule has 6 heteroatoms. The van der Waals surface area contributed by atoms with Gasteiger partial charge in [0.2, 0.25) is 0 Å². The Labute approximate surface area is 91.5 Å². The first-order chi connectivity index (χ1) is 5.27. The largest absolute Gasteiger partial charge is 0.329 e. The number of nitrogens with two attached hydrogens (primary N) is 2. The van der Waals surface area contributed by atoms with Crippen LogP contribution in [0.2, 0.25) is 0 Å². The predicted molar refractivity (Wildman–Crippen MR) is 54.1 cm³/mol. The molecule has 0 aromatic rings. The van der Waals surface area contributed by atoms with Gasteiger partial charge in [-0.15, -0.1) is 0 Å². The second kappa shape index (κ2) is 3.04. The van der Waals surface area contributed by atoms with Crippen LogP contribution in [0.4, 0.5) is 0 Å². The van der Waals surface area contributed by atoms with Gasteiger partial charge in [0.25, 0.3) is 0 Å². The zero-order valence-electron chi connectivity index (χ0n) is 6.29. The van der Waals surface area contributed by atoms with E-state index in [0.717, 1.165) is 0 Å². The maximum atomic E-state index is 5.96. The van der Waals surface area contributed by atoms with E-state index in [1.54, 1.807) is 0 Å². The summed E-state index contributed by atoms with van der Waals surface area (Å²) in [5.74, 6) is 0. The van der Waals surface area contributed by atoms with Crippen LogP contribution in [-0.2, 0) is 0 Å². The van der Waals surface area contributed by atoms with Gasteiger partial charge >= 0.3 is 0 Å². The van der Waals surface area contributed by atoms with Gasteiger partial charge in [-0.3, -0.25) is 0 Å². The van der Waals surface area contributed by atoms with Gasteiger partial charge in [-0.05, 0) is 12.8 Å². The molecule has 1 atom stereocenters. The maximum absolute atomic E-state index is 5.96. The number of alkyl halides is 4. The first-order valence-electron chi connectivity index (χ1n) is 3.51. The van der Waals surface area contributed by atoms with Crippen molar-refractivity contribution < 1.29 is 0 Å². The summed E-state index contributed by atoms with van der Waals surface area (Å²) in [5.41, 5.74) is 10.4. The monoisotopic (exact) mass is 250 g/mol. The second-order valence-electron chi connectivity index (χ2n) is 3.14. The standard InChI is InChI=1S/C6H10Cl4N2/c7-5(8)2-1-4(12,3-11)6(5,9)10/h1-3,11-12H2. The van der Waals surface area contributed by atoms with Gasteiger partial charge in [-0.2, -0.15) is 0 Å². The quantitative estimate of drug-likeness (QED) is 0.699. The summed E-state index contributed by atoms with van der Waals surface area (Å²) >= 11 is 23.7. The topological polar surface area (TPSA) is 52.0 Å². The van der Waals surface area contributed by atoms with Gasteiger partial charge in [0.1, 0.15) is 0 Å². The molecule has 0 radical (unpaired) electrons. The molecule has 0 aromatic carbocycles. The zero-order chi connectivity index (χ0) is 9.62. The SMILES string of the molecule is NCC1(N)CCC(Cl)(Cl)C1(Cl)Cl. The lowest BCUT2D eigenvalue weighted by atomic mass is 9.99. The lowest BCUT2D eigenvalue weighted by Crippen LogP contribution is -2.60. The third-order valence-corrected chi connectivity index (χ3v) is 5.06. The average Bonchev–Trinajstić information content (AvgIpc) is 2.12. The van der Waals surface area contributed by atoms with E-state index in [0.29, 0.717) is 12.8 Å². The molecule has 0 aromatic heterocycles. The van der Waals surface area contributed by atoms with E-state index >= 15 is 0 Å². The minimum atomic E-state index is -1.38. The molecule has 1 unspecified atom stereocenters. The highest BCUT2D eigenvalue weighted by Gasteiger charge is 2.63. The van der Waals surface area contributed by atoms with Crippen LogP contribution in [0.25, 0.3) is 0 Å². The van der Waals surface area contributed by atoms with E-state index in [1.807, 2.05) is 0 Å². The molecule has 0 spiro atoms. The Morgan fingerprint density at radius 2 is 1.58 bits per heavy atom. The van der Waals surface area contributed by atoms with Crippen LogP contribution in [0.15, 0.2) is 0 Å². The Bertz CT molecular complexity index is 194. The van der Waals surface area contributed by atoms with Gasteiger partial charge in [0, 0.05) is 6.54 Å². The van der Waals surface area contributed by atoms with Crippen LogP contribution in [0.3, 0.4) is 0 Å². The summed E-state index contributed by atoms with van der Waals surface area (Å²) in [6.45, 7) is 0.168. The molecule has 4 N–H and O–H groups in total. The highest BCUT2D eigenvalue weighted by Crippen LogP contribution is 2.57. The molecule has 0 saturated heterocycles. The molecule has 1 rings (SSSR count). The highest BCUT2D eigenvalue weighted by molar-refractivity contribution is 6.63. The lowest BCUT2D eigenvalue weighted by molar-refractivity contribution is 0.427. The molecule has 72 valence electrons.